The van der Waals surface area contributed by atoms with Crippen molar-refractivity contribution in [3.8, 4) is 0 Å². The monoisotopic (exact) mass is 353 g/mol. The molecule has 1 fully saturated rings. The van der Waals surface area contributed by atoms with E-state index in [9.17, 15) is 4.79 Å². The fourth-order valence-electron chi connectivity index (χ4n) is 2.79. The molecule has 1 aromatic rings. The average molecular weight is 354 g/mol. The maximum atomic E-state index is 12.4. The summed E-state index contributed by atoms with van der Waals surface area (Å²) in [5, 5.41) is 6.20. The Morgan fingerprint density at radius 2 is 2.10 bits per heavy atom. The van der Waals surface area contributed by atoms with Gasteiger partial charge >= 0.3 is 0 Å². The second-order valence-corrected chi connectivity index (χ2v) is 6.83. The van der Waals surface area contributed by atoms with Crippen molar-refractivity contribution in [3.05, 3.63) is 22.3 Å². The summed E-state index contributed by atoms with van der Waals surface area (Å²) in [5.74, 6) is 2.06. The minimum Gasteiger partial charge on any atom is -0.370 e. The van der Waals surface area contributed by atoms with Gasteiger partial charge < -0.3 is 10.6 Å². The van der Waals surface area contributed by atoms with Crippen molar-refractivity contribution in [2.45, 2.75) is 39.5 Å². The molecule has 4 nitrogen and oxygen atoms in total. The lowest BCUT2D eigenvalue weighted by Gasteiger charge is -2.26. The Morgan fingerprint density at radius 1 is 1.38 bits per heavy atom. The molecule has 1 heterocycles. The zero-order chi connectivity index (χ0) is 15.2. The molecule has 5 heteroatoms. The molecule has 0 bridgehead atoms. The van der Waals surface area contributed by atoms with E-state index in [4.69, 9.17) is 0 Å². The molecule has 0 aliphatic heterocycles. The molecule has 0 spiro atoms. The van der Waals surface area contributed by atoms with Gasteiger partial charge in [0.15, 0.2) is 0 Å². The van der Waals surface area contributed by atoms with Gasteiger partial charge in [0.25, 0.3) is 5.91 Å². The van der Waals surface area contributed by atoms with E-state index in [1.54, 1.807) is 6.20 Å². The molecule has 1 aliphatic carbocycles. The van der Waals surface area contributed by atoms with Gasteiger partial charge in [0.2, 0.25) is 0 Å². The zero-order valence-corrected chi connectivity index (χ0v) is 14.4. The van der Waals surface area contributed by atoms with Crippen LogP contribution in [0.15, 0.2) is 16.7 Å². The van der Waals surface area contributed by atoms with Gasteiger partial charge in [-0.1, -0.05) is 19.8 Å². The van der Waals surface area contributed by atoms with Crippen LogP contribution in [0.5, 0.6) is 0 Å². The van der Waals surface area contributed by atoms with E-state index in [-0.39, 0.29) is 5.91 Å². The van der Waals surface area contributed by atoms with E-state index in [2.05, 4.69) is 38.5 Å². The van der Waals surface area contributed by atoms with Crippen molar-refractivity contribution in [1.29, 1.82) is 0 Å². The lowest BCUT2D eigenvalue weighted by Crippen LogP contribution is -2.31. The first-order valence-corrected chi connectivity index (χ1v) is 8.57. The second kappa shape index (κ2) is 7.78. The lowest BCUT2D eigenvalue weighted by atomic mass is 9.83. The van der Waals surface area contributed by atoms with Crippen LogP contribution in [0.2, 0.25) is 0 Å². The number of amides is 1. The number of hydrogen-bond acceptors (Lipinski definition) is 3. The lowest BCUT2D eigenvalue weighted by molar-refractivity contribution is 0.0942. The smallest absolute Gasteiger partial charge is 0.255 e. The number of nitrogens with zero attached hydrogens (tertiary/aromatic N) is 1. The molecule has 116 valence electrons. The summed E-state index contributed by atoms with van der Waals surface area (Å²) in [6, 6.07) is 1.82. The Bertz CT molecular complexity index is 484. The third-order valence-electron chi connectivity index (χ3n) is 4.13. The Hall–Kier alpha value is -1.10. The number of nitrogens with one attached hydrogen (secondary N) is 2. The van der Waals surface area contributed by atoms with Crippen molar-refractivity contribution >= 4 is 27.7 Å². The largest absolute Gasteiger partial charge is 0.370 e. The molecule has 0 radical (unpaired) electrons. The Kier molecular flexibility index (Phi) is 6.03. The predicted molar refractivity (Wildman–Crippen MR) is 89.6 cm³/mol. The van der Waals surface area contributed by atoms with Crippen molar-refractivity contribution in [3.63, 3.8) is 0 Å². The number of carbonyl (C=O) groups excluding carboxylic acids is 1. The standard InChI is InChI=1S/C16H24BrN3O/c1-3-18-15-14(8-13(17)10-19-15)16(21)20-9-12-6-4-11(2)5-7-12/h8,10-12H,3-7,9H2,1-2H3,(H,18,19)(H,20,21). The third kappa shape index (κ3) is 4.70. The number of pyridine rings is 1. The SMILES string of the molecule is CCNc1ncc(Br)cc1C(=O)NCC1CCC(C)CC1. The molecular formula is C16H24BrN3O. The highest BCUT2D eigenvalue weighted by molar-refractivity contribution is 9.10. The first-order valence-electron chi connectivity index (χ1n) is 7.77. The van der Waals surface area contributed by atoms with Crippen LogP contribution in [0.4, 0.5) is 5.82 Å². The molecule has 1 saturated carbocycles. The van der Waals surface area contributed by atoms with Crippen molar-refractivity contribution in [1.82, 2.24) is 10.3 Å². The van der Waals surface area contributed by atoms with Gasteiger partial charge in [-0.3, -0.25) is 4.79 Å². The minimum atomic E-state index is -0.0432. The number of aromatic nitrogens is 1. The second-order valence-electron chi connectivity index (χ2n) is 5.92. The van der Waals surface area contributed by atoms with Gasteiger partial charge in [-0.05, 0) is 53.6 Å². The normalized spacial score (nSPS) is 21.9. The minimum absolute atomic E-state index is 0.0432. The van der Waals surface area contributed by atoms with Crippen molar-refractivity contribution in [2.75, 3.05) is 18.4 Å². The van der Waals surface area contributed by atoms with Gasteiger partial charge in [-0.25, -0.2) is 4.98 Å². The first-order chi connectivity index (χ1) is 10.1. The highest BCUT2D eigenvalue weighted by atomic mass is 79.9. The van der Waals surface area contributed by atoms with E-state index >= 15 is 0 Å². The quantitative estimate of drug-likeness (QED) is 0.845. The molecule has 0 aromatic carbocycles. The van der Waals surface area contributed by atoms with Gasteiger partial charge in [0.1, 0.15) is 5.82 Å². The fraction of sp³-hybridized carbons (Fsp3) is 0.625. The van der Waals surface area contributed by atoms with Gasteiger partial charge in [0, 0.05) is 23.8 Å². The highest BCUT2D eigenvalue weighted by Gasteiger charge is 2.20. The van der Waals surface area contributed by atoms with E-state index in [1.807, 2.05) is 13.0 Å². The van der Waals surface area contributed by atoms with E-state index in [1.165, 1.54) is 25.7 Å². The van der Waals surface area contributed by atoms with Crippen molar-refractivity contribution < 1.29 is 4.79 Å². The highest BCUT2D eigenvalue weighted by Crippen LogP contribution is 2.27. The maximum absolute atomic E-state index is 12.4. The van der Waals surface area contributed by atoms with Crippen LogP contribution in [-0.4, -0.2) is 24.0 Å². The summed E-state index contributed by atoms with van der Waals surface area (Å²) in [6.07, 6.45) is 6.71. The number of anilines is 1. The third-order valence-corrected chi connectivity index (χ3v) is 4.56. The van der Waals surface area contributed by atoms with Crippen LogP contribution in [-0.2, 0) is 0 Å². The predicted octanol–water partition coefficient (Wildman–Crippen LogP) is 3.83. The van der Waals surface area contributed by atoms with Crippen LogP contribution >= 0.6 is 15.9 Å². The molecule has 0 unspecified atom stereocenters. The van der Waals surface area contributed by atoms with E-state index in [0.29, 0.717) is 17.3 Å². The number of halogens is 1. The zero-order valence-electron chi connectivity index (χ0n) is 12.8. The van der Waals surface area contributed by atoms with E-state index < -0.39 is 0 Å². The first kappa shape index (κ1) is 16.3. The summed E-state index contributed by atoms with van der Waals surface area (Å²) in [7, 11) is 0. The Labute approximate surface area is 135 Å². The molecule has 1 aromatic heterocycles. The van der Waals surface area contributed by atoms with Gasteiger partial charge in [-0.15, -0.1) is 0 Å². The summed E-state index contributed by atoms with van der Waals surface area (Å²) in [5.41, 5.74) is 0.607. The molecule has 1 aliphatic rings. The summed E-state index contributed by atoms with van der Waals surface area (Å²) >= 11 is 3.38. The Balaban J connectivity index is 1.95. The molecule has 1 amide bonds. The average Bonchev–Trinajstić information content (AvgIpc) is 2.48. The number of carbonyl (C=O) groups is 1. The Morgan fingerprint density at radius 3 is 2.76 bits per heavy atom. The molecular weight excluding hydrogens is 330 g/mol. The topological polar surface area (TPSA) is 54.0 Å². The van der Waals surface area contributed by atoms with Crippen LogP contribution in [0.1, 0.15) is 49.9 Å². The number of hydrogen-bond donors (Lipinski definition) is 2. The van der Waals surface area contributed by atoms with Crippen LogP contribution in [0.25, 0.3) is 0 Å². The molecule has 0 atom stereocenters. The maximum Gasteiger partial charge on any atom is 0.255 e. The van der Waals surface area contributed by atoms with Crippen molar-refractivity contribution in [2.24, 2.45) is 11.8 Å². The summed E-state index contributed by atoms with van der Waals surface area (Å²) < 4.78 is 0.820. The molecule has 0 saturated heterocycles. The summed E-state index contributed by atoms with van der Waals surface area (Å²) in [4.78, 5) is 16.7. The molecule has 2 rings (SSSR count). The van der Waals surface area contributed by atoms with Crippen LogP contribution < -0.4 is 10.6 Å². The van der Waals surface area contributed by atoms with Gasteiger partial charge in [0.05, 0.1) is 5.56 Å². The van der Waals surface area contributed by atoms with Crippen LogP contribution in [0.3, 0.4) is 0 Å². The summed E-state index contributed by atoms with van der Waals surface area (Å²) in [6.45, 7) is 5.82. The number of rotatable bonds is 5. The molecule has 21 heavy (non-hydrogen) atoms. The molecule has 2 N–H and O–H groups in total. The van der Waals surface area contributed by atoms with Gasteiger partial charge in [-0.2, -0.15) is 0 Å². The van der Waals surface area contributed by atoms with Crippen LogP contribution in [0, 0.1) is 11.8 Å². The van der Waals surface area contributed by atoms with E-state index in [0.717, 1.165) is 23.5 Å². The fourth-order valence-corrected chi connectivity index (χ4v) is 3.12.